The van der Waals surface area contributed by atoms with Crippen LogP contribution in [0.3, 0.4) is 0 Å². The molecular formula is C23H23N3O5S. The van der Waals surface area contributed by atoms with Gasteiger partial charge in [-0.05, 0) is 67.4 Å². The quantitative estimate of drug-likeness (QED) is 0.505. The van der Waals surface area contributed by atoms with Gasteiger partial charge in [0.15, 0.2) is 0 Å². The molecule has 0 saturated carbocycles. The van der Waals surface area contributed by atoms with Crippen LogP contribution in [0.15, 0.2) is 65.6 Å². The van der Waals surface area contributed by atoms with E-state index in [0.717, 1.165) is 5.56 Å². The van der Waals surface area contributed by atoms with Crippen LogP contribution in [-0.2, 0) is 10.0 Å². The number of sulfonamides is 1. The Morgan fingerprint density at radius 3 is 2.38 bits per heavy atom. The largest absolute Gasteiger partial charge is 0.495 e. The third kappa shape index (κ3) is 5.06. The van der Waals surface area contributed by atoms with Gasteiger partial charge in [-0.15, -0.1) is 0 Å². The molecule has 0 aliphatic heterocycles. The molecule has 0 aliphatic rings. The number of aryl methyl sites for hydroxylation is 2. The van der Waals surface area contributed by atoms with Gasteiger partial charge in [-0.25, -0.2) is 8.42 Å². The van der Waals surface area contributed by atoms with Gasteiger partial charge in [-0.1, -0.05) is 18.2 Å². The van der Waals surface area contributed by atoms with E-state index in [1.165, 1.54) is 37.4 Å². The molecule has 9 heteroatoms. The van der Waals surface area contributed by atoms with Gasteiger partial charge in [0.2, 0.25) is 5.91 Å². The molecule has 0 unspecified atom stereocenters. The molecular weight excluding hydrogens is 430 g/mol. The molecule has 0 spiro atoms. The Bertz CT molecular complexity index is 1300. The number of methoxy groups -OCH3 is 1. The summed E-state index contributed by atoms with van der Waals surface area (Å²) in [6.45, 7) is 3.55. The molecule has 2 amide bonds. The van der Waals surface area contributed by atoms with Crippen LogP contribution in [0.5, 0.6) is 5.75 Å². The highest BCUT2D eigenvalue weighted by atomic mass is 32.2. The summed E-state index contributed by atoms with van der Waals surface area (Å²) in [5.74, 6) is -0.893. The average Bonchev–Trinajstić information content (AvgIpc) is 2.73. The Labute approximate surface area is 186 Å². The first-order valence-electron chi connectivity index (χ1n) is 9.60. The van der Waals surface area contributed by atoms with Gasteiger partial charge < -0.3 is 15.8 Å². The fourth-order valence-corrected chi connectivity index (χ4v) is 4.16. The summed E-state index contributed by atoms with van der Waals surface area (Å²) in [6.07, 6.45) is 0. The van der Waals surface area contributed by atoms with Gasteiger partial charge in [-0.2, -0.15) is 0 Å². The van der Waals surface area contributed by atoms with Crippen molar-refractivity contribution in [3.05, 3.63) is 82.9 Å². The highest BCUT2D eigenvalue weighted by Gasteiger charge is 2.20. The minimum atomic E-state index is -3.92. The summed E-state index contributed by atoms with van der Waals surface area (Å²) in [4.78, 5) is 24.4. The summed E-state index contributed by atoms with van der Waals surface area (Å²) >= 11 is 0. The molecule has 0 aliphatic carbocycles. The van der Waals surface area contributed by atoms with Crippen molar-refractivity contribution < 1.29 is 22.7 Å². The van der Waals surface area contributed by atoms with E-state index in [9.17, 15) is 18.0 Å². The Kier molecular flexibility index (Phi) is 6.50. The minimum absolute atomic E-state index is 0.0624. The van der Waals surface area contributed by atoms with Crippen molar-refractivity contribution in [1.29, 1.82) is 0 Å². The lowest BCUT2D eigenvalue weighted by Gasteiger charge is -2.14. The van der Waals surface area contributed by atoms with E-state index in [-0.39, 0.29) is 21.7 Å². The SMILES string of the molecule is COc1ccc(C(N)=O)cc1NC(=O)c1cc(S(=O)(=O)Nc2cccc(C)c2)ccc1C. The topological polar surface area (TPSA) is 128 Å². The molecule has 3 rings (SSSR count). The number of carbonyl (C=O) groups is 2. The zero-order valence-corrected chi connectivity index (χ0v) is 18.6. The molecule has 0 aromatic heterocycles. The Morgan fingerprint density at radius 1 is 0.969 bits per heavy atom. The van der Waals surface area contributed by atoms with E-state index in [1.807, 2.05) is 13.0 Å². The van der Waals surface area contributed by atoms with Crippen molar-refractivity contribution in [2.75, 3.05) is 17.1 Å². The molecule has 4 N–H and O–H groups in total. The predicted molar refractivity (Wildman–Crippen MR) is 123 cm³/mol. The first kappa shape index (κ1) is 22.8. The standard InChI is InChI=1S/C23H23N3O5S/c1-14-5-4-6-17(11-14)26-32(29,30)18-9-7-15(2)19(13-18)23(28)25-20-12-16(22(24)27)8-10-21(20)31-3/h4-13,26H,1-3H3,(H2,24,27)(H,25,28). The van der Waals surface area contributed by atoms with E-state index in [4.69, 9.17) is 10.5 Å². The maximum absolute atomic E-state index is 13.0. The average molecular weight is 454 g/mol. The van der Waals surface area contributed by atoms with Gasteiger partial charge in [-0.3, -0.25) is 14.3 Å². The number of nitrogens with one attached hydrogen (secondary N) is 2. The molecule has 0 atom stereocenters. The number of ether oxygens (including phenoxy) is 1. The maximum atomic E-state index is 13.0. The summed E-state index contributed by atoms with van der Waals surface area (Å²) in [6, 6.07) is 15.6. The number of carbonyl (C=O) groups excluding carboxylic acids is 2. The van der Waals surface area contributed by atoms with Crippen molar-refractivity contribution in [2.45, 2.75) is 18.7 Å². The zero-order chi connectivity index (χ0) is 23.5. The fourth-order valence-electron chi connectivity index (χ4n) is 3.08. The molecule has 3 aromatic rings. The second-order valence-corrected chi connectivity index (χ2v) is 8.87. The molecule has 166 valence electrons. The summed E-state index contributed by atoms with van der Waals surface area (Å²) in [7, 11) is -2.50. The summed E-state index contributed by atoms with van der Waals surface area (Å²) in [5, 5.41) is 2.66. The Morgan fingerprint density at radius 2 is 1.72 bits per heavy atom. The molecule has 0 radical (unpaired) electrons. The highest BCUT2D eigenvalue weighted by molar-refractivity contribution is 7.92. The first-order valence-corrected chi connectivity index (χ1v) is 11.1. The van der Waals surface area contributed by atoms with E-state index in [0.29, 0.717) is 17.0 Å². The number of hydrogen-bond acceptors (Lipinski definition) is 5. The Balaban J connectivity index is 1.93. The van der Waals surface area contributed by atoms with Crippen LogP contribution in [0.25, 0.3) is 0 Å². The highest BCUT2D eigenvalue weighted by Crippen LogP contribution is 2.27. The lowest BCUT2D eigenvalue weighted by Crippen LogP contribution is -2.18. The normalized spacial score (nSPS) is 11.0. The maximum Gasteiger partial charge on any atom is 0.261 e. The number of hydrogen-bond donors (Lipinski definition) is 3. The second-order valence-electron chi connectivity index (χ2n) is 7.19. The lowest BCUT2D eigenvalue weighted by molar-refractivity contribution is 0.0996. The lowest BCUT2D eigenvalue weighted by atomic mass is 10.1. The van der Waals surface area contributed by atoms with E-state index in [2.05, 4.69) is 10.0 Å². The van der Waals surface area contributed by atoms with Crippen LogP contribution in [-0.4, -0.2) is 27.3 Å². The third-order valence-corrected chi connectivity index (χ3v) is 6.15. The van der Waals surface area contributed by atoms with Gasteiger partial charge in [0, 0.05) is 16.8 Å². The van der Waals surface area contributed by atoms with Gasteiger partial charge in [0.25, 0.3) is 15.9 Å². The smallest absolute Gasteiger partial charge is 0.261 e. The van der Waals surface area contributed by atoms with Crippen molar-refractivity contribution in [1.82, 2.24) is 0 Å². The van der Waals surface area contributed by atoms with Crippen LogP contribution >= 0.6 is 0 Å². The van der Waals surface area contributed by atoms with Gasteiger partial charge >= 0.3 is 0 Å². The number of nitrogens with two attached hydrogens (primary N) is 1. The molecule has 0 bridgehead atoms. The van der Waals surface area contributed by atoms with Crippen molar-refractivity contribution in [3.63, 3.8) is 0 Å². The summed E-state index contributed by atoms with van der Waals surface area (Å²) in [5.41, 5.74) is 7.79. The number of primary amides is 1. The molecule has 3 aromatic carbocycles. The number of anilines is 2. The monoisotopic (exact) mass is 453 g/mol. The Hall–Kier alpha value is -3.85. The minimum Gasteiger partial charge on any atom is -0.495 e. The number of amides is 2. The van der Waals surface area contributed by atoms with Crippen molar-refractivity contribution in [3.8, 4) is 5.75 Å². The van der Waals surface area contributed by atoms with E-state index >= 15 is 0 Å². The van der Waals surface area contributed by atoms with Crippen molar-refractivity contribution in [2.24, 2.45) is 5.73 Å². The van der Waals surface area contributed by atoms with E-state index < -0.39 is 21.8 Å². The van der Waals surface area contributed by atoms with Gasteiger partial charge in [0.05, 0.1) is 17.7 Å². The molecule has 0 heterocycles. The van der Waals surface area contributed by atoms with Crippen LogP contribution < -0.4 is 20.5 Å². The number of rotatable bonds is 7. The molecule has 0 saturated heterocycles. The molecule has 0 fully saturated rings. The van der Waals surface area contributed by atoms with Crippen molar-refractivity contribution >= 4 is 33.2 Å². The molecule has 32 heavy (non-hydrogen) atoms. The fraction of sp³-hybridized carbons (Fsp3) is 0.130. The first-order chi connectivity index (χ1) is 15.1. The van der Waals surface area contributed by atoms with Crippen LogP contribution in [0.4, 0.5) is 11.4 Å². The number of benzene rings is 3. The van der Waals surface area contributed by atoms with E-state index in [1.54, 1.807) is 31.2 Å². The zero-order valence-electron chi connectivity index (χ0n) is 17.8. The third-order valence-electron chi connectivity index (χ3n) is 4.77. The predicted octanol–water partition coefficient (Wildman–Crippen LogP) is 3.46. The van der Waals surface area contributed by atoms with Crippen LogP contribution in [0, 0.1) is 13.8 Å². The molecule has 8 nitrogen and oxygen atoms in total. The summed E-state index contributed by atoms with van der Waals surface area (Å²) < 4.78 is 33.5. The van der Waals surface area contributed by atoms with Crippen LogP contribution in [0.2, 0.25) is 0 Å². The second kappa shape index (κ2) is 9.11. The van der Waals surface area contributed by atoms with Gasteiger partial charge in [0.1, 0.15) is 5.75 Å². The van der Waals surface area contributed by atoms with Crippen LogP contribution in [0.1, 0.15) is 31.8 Å².